The molecule has 1 aromatic heterocycles. The molecule has 2 rings (SSSR count). The molecule has 1 aliphatic carbocycles. The third kappa shape index (κ3) is 5.30. The van der Waals surface area contributed by atoms with Gasteiger partial charge >= 0.3 is 12.3 Å². The van der Waals surface area contributed by atoms with Crippen LogP contribution in [0, 0.1) is 0 Å². The molecule has 0 spiro atoms. The minimum absolute atomic E-state index is 0.0581. The van der Waals surface area contributed by atoms with Crippen LogP contribution < -0.4 is 10.1 Å². The zero-order valence-corrected chi connectivity index (χ0v) is 13.1. The highest BCUT2D eigenvalue weighted by Crippen LogP contribution is 2.30. The third-order valence-corrected chi connectivity index (χ3v) is 3.15. The topological polar surface area (TPSA) is 60.5 Å². The average molecular weight is 332 g/mol. The number of nitrogens with one attached hydrogen (secondary N) is 1. The van der Waals surface area contributed by atoms with Crippen molar-refractivity contribution in [2.24, 2.45) is 0 Å². The molecule has 1 N–H and O–H groups in total. The van der Waals surface area contributed by atoms with Crippen molar-refractivity contribution < 1.29 is 27.4 Å². The zero-order valence-electron chi connectivity index (χ0n) is 13.1. The van der Waals surface area contributed by atoms with Crippen LogP contribution in [0.1, 0.15) is 39.3 Å². The number of halogens is 3. The minimum Gasteiger partial charge on any atom is -0.489 e. The zero-order chi connectivity index (χ0) is 17.3. The number of rotatable bonds is 3. The van der Waals surface area contributed by atoms with Crippen LogP contribution in [0.4, 0.5) is 18.0 Å². The number of carbonyl (C=O) groups excluding carboxylic acids is 1. The summed E-state index contributed by atoms with van der Waals surface area (Å²) in [6.07, 6.45) is -2.92. The minimum atomic E-state index is -4.46. The molecule has 5 nitrogen and oxygen atoms in total. The molecule has 0 aromatic carbocycles. The fourth-order valence-corrected chi connectivity index (χ4v) is 2.06. The van der Waals surface area contributed by atoms with E-state index < -0.39 is 23.6 Å². The van der Waals surface area contributed by atoms with Crippen LogP contribution in [0.15, 0.2) is 18.3 Å². The maximum atomic E-state index is 12.4. The first kappa shape index (κ1) is 17.4. The second-order valence-electron chi connectivity index (χ2n) is 6.43. The number of hydrogen-bond acceptors (Lipinski definition) is 4. The van der Waals surface area contributed by atoms with Gasteiger partial charge in [0.05, 0.1) is 6.20 Å². The van der Waals surface area contributed by atoms with E-state index in [9.17, 15) is 18.0 Å². The SMILES string of the molecule is CC(C)(C)OC(=O)N[C@H]1C[C@@H](Oc2ccc(C(F)(F)F)nc2)C1. The molecule has 0 unspecified atom stereocenters. The van der Waals surface area contributed by atoms with Crippen LogP contribution in [0.25, 0.3) is 0 Å². The predicted molar refractivity (Wildman–Crippen MR) is 76.0 cm³/mol. The fraction of sp³-hybridized carbons (Fsp3) is 0.600. The lowest BCUT2D eigenvalue weighted by molar-refractivity contribution is -0.141. The summed E-state index contributed by atoms with van der Waals surface area (Å²) in [6, 6.07) is 2.06. The summed E-state index contributed by atoms with van der Waals surface area (Å²) in [4.78, 5) is 14.9. The Labute approximate surface area is 132 Å². The van der Waals surface area contributed by atoms with Crippen LogP contribution in [0.2, 0.25) is 0 Å². The second-order valence-corrected chi connectivity index (χ2v) is 6.43. The van der Waals surface area contributed by atoms with Gasteiger partial charge in [0.2, 0.25) is 0 Å². The Kier molecular flexibility index (Phi) is 4.72. The number of hydrogen-bond donors (Lipinski definition) is 1. The summed E-state index contributed by atoms with van der Waals surface area (Å²) in [7, 11) is 0. The number of pyridine rings is 1. The van der Waals surface area contributed by atoms with Crippen LogP contribution in [-0.4, -0.2) is 28.8 Å². The molecule has 1 saturated carbocycles. The fourth-order valence-electron chi connectivity index (χ4n) is 2.06. The molecule has 128 valence electrons. The van der Waals surface area contributed by atoms with Crippen molar-refractivity contribution >= 4 is 6.09 Å². The van der Waals surface area contributed by atoms with Crippen molar-refractivity contribution in [3.05, 3.63) is 24.0 Å². The Balaban J connectivity index is 1.75. The summed E-state index contributed by atoms with van der Waals surface area (Å²) in [5.74, 6) is 0.277. The Morgan fingerprint density at radius 3 is 2.39 bits per heavy atom. The number of alkyl halides is 3. The molecule has 23 heavy (non-hydrogen) atoms. The molecule has 0 bridgehead atoms. The van der Waals surface area contributed by atoms with Crippen molar-refractivity contribution in [2.45, 2.75) is 57.5 Å². The summed E-state index contributed by atoms with van der Waals surface area (Å²) < 4.78 is 47.8. The number of carbonyl (C=O) groups is 1. The van der Waals surface area contributed by atoms with Gasteiger partial charge in [0.25, 0.3) is 0 Å². The predicted octanol–water partition coefficient (Wildman–Crippen LogP) is 3.53. The third-order valence-electron chi connectivity index (χ3n) is 3.15. The smallest absolute Gasteiger partial charge is 0.433 e. The van der Waals surface area contributed by atoms with E-state index in [1.807, 2.05) is 0 Å². The molecular weight excluding hydrogens is 313 g/mol. The Morgan fingerprint density at radius 2 is 1.91 bits per heavy atom. The van der Waals surface area contributed by atoms with Crippen molar-refractivity contribution in [1.29, 1.82) is 0 Å². The van der Waals surface area contributed by atoms with Crippen molar-refractivity contribution in [2.75, 3.05) is 0 Å². The van der Waals surface area contributed by atoms with Crippen molar-refractivity contribution in [3.8, 4) is 5.75 Å². The first-order chi connectivity index (χ1) is 10.5. The van der Waals surface area contributed by atoms with Gasteiger partial charge in [-0.2, -0.15) is 13.2 Å². The van der Waals surface area contributed by atoms with E-state index in [4.69, 9.17) is 9.47 Å². The second kappa shape index (κ2) is 6.25. The van der Waals surface area contributed by atoms with Crippen LogP contribution in [0.3, 0.4) is 0 Å². The molecule has 8 heteroatoms. The highest BCUT2D eigenvalue weighted by molar-refractivity contribution is 5.68. The number of aromatic nitrogens is 1. The highest BCUT2D eigenvalue weighted by Gasteiger charge is 2.34. The number of amides is 1. The Bertz CT molecular complexity index is 547. The molecule has 1 fully saturated rings. The van der Waals surface area contributed by atoms with Crippen molar-refractivity contribution in [3.63, 3.8) is 0 Å². The molecule has 1 amide bonds. The molecule has 1 aliphatic rings. The van der Waals surface area contributed by atoms with Gasteiger partial charge < -0.3 is 14.8 Å². The maximum Gasteiger partial charge on any atom is 0.433 e. The Hall–Kier alpha value is -1.99. The number of ether oxygens (including phenoxy) is 2. The lowest BCUT2D eigenvalue weighted by atomic mass is 9.89. The van der Waals surface area contributed by atoms with E-state index >= 15 is 0 Å². The van der Waals surface area contributed by atoms with Gasteiger partial charge in [-0.1, -0.05) is 0 Å². The summed E-state index contributed by atoms with van der Waals surface area (Å²) in [5.41, 5.74) is -1.52. The monoisotopic (exact) mass is 332 g/mol. The Morgan fingerprint density at radius 1 is 1.26 bits per heavy atom. The molecule has 0 saturated heterocycles. The summed E-state index contributed by atoms with van der Waals surface area (Å²) in [6.45, 7) is 5.32. The van der Waals surface area contributed by atoms with Gasteiger partial charge in [-0.15, -0.1) is 0 Å². The van der Waals surface area contributed by atoms with Crippen molar-refractivity contribution in [1.82, 2.24) is 10.3 Å². The van der Waals surface area contributed by atoms with E-state index in [2.05, 4.69) is 10.3 Å². The molecule has 1 heterocycles. The van der Waals surface area contributed by atoms with E-state index in [0.717, 1.165) is 12.3 Å². The average Bonchev–Trinajstić information content (AvgIpc) is 2.33. The van der Waals surface area contributed by atoms with Gasteiger partial charge in [-0.05, 0) is 32.9 Å². The summed E-state index contributed by atoms with van der Waals surface area (Å²) >= 11 is 0. The molecule has 0 radical (unpaired) electrons. The molecule has 1 aromatic rings. The van der Waals surface area contributed by atoms with Gasteiger partial charge in [0.1, 0.15) is 23.1 Å². The molecular formula is C15H19F3N2O3. The van der Waals surface area contributed by atoms with Crippen LogP contribution in [-0.2, 0) is 10.9 Å². The van der Waals surface area contributed by atoms with Crippen LogP contribution >= 0.6 is 0 Å². The quantitative estimate of drug-likeness (QED) is 0.920. The lowest BCUT2D eigenvalue weighted by Crippen LogP contribution is -2.50. The first-order valence-electron chi connectivity index (χ1n) is 7.22. The highest BCUT2D eigenvalue weighted by atomic mass is 19.4. The number of alkyl carbamates (subject to hydrolysis) is 1. The maximum absolute atomic E-state index is 12.4. The largest absolute Gasteiger partial charge is 0.489 e. The van der Waals surface area contributed by atoms with E-state index in [1.54, 1.807) is 20.8 Å². The van der Waals surface area contributed by atoms with Gasteiger partial charge in [0, 0.05) is 18.9 Å². The van der Waals surface area contributed by atoms with E-state index in [0.29, 0.717) is 12.8 Å². The van der Waals surface area contributed by atoms with Gasteiger partial charge in [0.15, 0.2) is 0 Å². The van der Waals surface area contributed by atoms with E-state index in [1.165, 1.54) is 6.07 Å². The standard InChI is InChI=1S/C15H19F3N2O3/c1-14(2,3)23-13(21)20-9-6-11(7-9)22-10-4-5-12(19-8-10)15(16,17)18/h4-5,8-9,11H,6-7H2,1-3H3,(H,20,21)/t9-,11+. The molecule has 0 atom stereocenters. The van der Waals surface area contributed by atoms with E-state index in [-0.39, 0.29) is 17.9 Å². The summed E-state index contributed by atoms with van der Waals surface area (Å²) in [5, 5.41) is 2.71. The number of nitrogens with zero attached hydrogens (tertiary/aromatic N) is 1. The molecule has 0 aliphatic heterocycles. The lowest BCUT2D eigenvalue weighted by Gasteiger charge is -2.36. The normalized spacial score (nSPS) is 21.3. The van der Waals surface area contributed by atoms with Gasteiger partial charge in [-0.25, -0.2) is 9.78 Å². The first-order valence-corrected chi connectivity index (χ1v) is 7.22. The van der Waals surface area contributed by atoms with Crippen LogP contribution in [0.5, 0.6) is 5.75 Å². The van der Waals surface area contributed by atoms with Gasteiger partial charge in [-0.3, -0.25) is 0 Å².